The van der Waals surface area contributed by atoms with Gasteiger partial charge in [0.1, 0.15) is 12.3 Å². The minimum Gasteiger partial charge on any atom is -0.425 e. The molecule has 0 radical (unpaired) electrons. The predicted molar refractivity (Wildman–Crippen MR) is 115 cm³/mol. The highest BCUT2D eigenvalue weighted by atomic mass is 79.9. The zero-order valence-corrected chi connectivity index (χ0v) is 17.8. The van der Waals surface area contributed by atoms with Crippen LogP contribution < -0.4 is 16.0 Å². The molecule has 0 saturated heterocycles. The monoisotopic (exact) mass is 468 g/mol. The van der Waals surface area contributed by atoms with Gasteiger partial charge < -0.3 is 9.30 Å². The molecule has 2 heterocycles. The summed E-state index contributed by atoms with van der Waals surface area (Å²) in [6.07, 6.45) is 1.45. The number of benzene rings is 2. The van der Waals surface area contributed by atoms with E-state index in [1.54, 1.807) is 19.2 Å². The Balaban J connectivity index is 1.55. The molecule has 0 N–H and O–H groups in total. The lowest BCUT2D eigenvalue weighted by Crippen LogP contribution is -2.42. The number of carbonyl (C=O) groups excluding carboxylic acids is 1. The van der Waals surface area contributed by atoms with Crippen LogP contribution in [0.3, 0.4) is 0 Å². The molecule has 0 unspecified atom stereocenters. The second kappa shape index (κ2) is 7.75. The summed E-state index contributed by atoms with van der Waals surface area (Å²) in [5, 5.41) is 0. The molecule has 8 nitrogen and oxygen atoms in total. The van der Waals surface area contributed by atoms with E-state index >= 15 is 0 Å². The van der Waals surface area contributed by atoms with E-state index in [4.69, 9.17) is 4.74 Å². The van der Waals surface area contributed by atoms with E-state index in [2.05, 4.69) is 20.9 Å². The van der Waals surface area contributed by atoms with Crippen LogP contribution in [0.15, 0.2) is 68.9 Å². The number of ether oxygens (including phenoxy) is 1. The Morgan fingerprint density at radius 3 is 2.23 bits per heavy atom. The van der Waals surface area contributed by atoms with E-state index in [-0.39, 0.29) is 11.2 Å². The van der Waals surface area contributed by atoms with Gasteiger partial charge in [0, 0.05) is 18.6 Å². The summed E-state index contributed by atoms with van der Waals surface area (Å²) in [7, 11) is 3.15. The average molecular weight is 469 g/mol. The number of esters is 1. The first-order chi connectivity index (χ1) is 14.3. The first-order valence-electron chi connectivity index (χ1n) is 9.02. The Kier molecular flexibility index (Phi) is 5.13. The van der Waals surface area contributed by atoms with Gasteiger partial charge in [0.2, 0.25) is 0 Å². The van der Waals surface area contributed by atoms with Crippen LogP contribution in [-0.2, 0) is 25.4 Å². The van der Waals surface area contributed by atoms with Gasteiger partial charge in [0.25, 0.3) is 5.56 Å². The third kappa shape index (κ3) is 3.59. The second-order valence-electron chi connectivity index (χ2n) is 6.77. The molecule has 0 saturated carbocycles. The van der Waals surface area contributed by atoms with Gasteiger partial charge in [-0.05, 0) is 35.4 Å². The maximum Gasteiger partial charge on any atom is 0.333 e. The molecule has 0 amide bonds. The molecule has 9 heteroatoms. The molecule has 0 aliphatic carbocycles. The van der Waals surface area contributed by atoms with Gasteiger partial charge in [-0.2, -0.15) is 0 Å². The number of nitrogens with zero attached hydrogens (tertiary/aromatic N) is 4. The summed E-state index contributed by atoms with van der Waals surface area (Å²) < 4.78 is 9.91. The first-order valence-corrected chi connectivity index (χ1v) is 9.82. The maximum absolute atomic E-state index is 12.7. The largest absolute Gasteiger partial charge is 0.425 e. The lowest BCUT2D eigenvalue weighted by molar-refractivity contribution is -0.135. The normalized spacial score (nSPS) is 11.0. The minimum absolute atomic E-state index is 0.240. The van der Waals surface area contributed by atoms with E-state index in [1.165, 1.54) is 22.5 Å². The van der Waals surface area contributed by atoms with Crippen molar-refractivity contribution in [3.05, 3.63) is 80.2 Å². The van der Waals surface area contributed by atoms with E-state index in [1.807, 2.05) is 36.4 Å². The van der Waals surface area contributed by atoms with Crippen LogP contribution in [0, 0.1) is 0 Å². The number of fused-ring (bicyclic) bond motifs is 1. The molecule has 30 heavy (non-hydrogen) atoms. The van der Waals surface area contributed by atoms with Crippen LogP contribution in [0.25, 0.3) is 22.3 Å². The van der Waals surface area contributed by atoms with Gasteiger partial charge in [-0.15, -0.1) is 0 Å². The van der Waals surface area contributed by atoms with E-state index in [9.17, 15) is 14.4 Å². The minimum atomic E-state index is -0.716. The predicted octanol–water partition coefficient (Wildman–Crippen LogP) is 2.47. The summed E-state index contributed by atoms with van der Waals surface area (Å²) >= 11 is 3.40. The molecule has 0 bridgehead atoms. The maximum atomic E-state index is 12.7. The van der Waals surface area contributed by atoms with Crippen molar-refractivity contribution in [2.45, 2.75) is 6.54 Å². The summed E-state index contributed by atoms with van der Waals surface area (Å²) in [6.45, 7) is -0.499. The summed E-state index contributed by atoms with van der Waals surface area (Å²) in [5.41, 5.74) is 1.28. The highest BCUT2D eigenvalue weighted by molar-refractivity contribution is 9.10. The lowest BCUT2D eigenvalue weighted by Gasteiger charge is -2.09. The molecule has 0 fully saturated rings. The number of hydrogen-bond donors (Lipinski definition) is 0. The van der Waals surface area contributed by atoms with Crippen LogP contribution in [0.2, 0.25) is 0 Å². The van der Waals surface area contributed by atoms with Crippen molar-refractivity contribution in [3.8, 4) is 16.9 Å². The van der Waals surface area contributed by atoms with Gasteiger partial charge in [0.15, 0.2) is 11.2 Å². The molecule has 0 aliphatic heterocycles. The molecule has 0 spiro atoms. The van der Waals surface area contributed by atoms with Crippen molar-refractivity contribution in [2.75, 3.05) is 0 Å². The number of hydrogen-bond acceptors (Lipinski definition) is 5. The number of carbonyl (C=O) groups is 1. The van der Waals surface area contributed by atoms with Gasteiger partial charge in [-0.25, -0.2) is 19.1 Å². The van der Waals surface area contributed by atoms with Crippen molar-refractivity contribution in [1.29, 1.82) is 0 Å². The van der Waals surface area contributed by atoms with Gasteiger partial charge in [-0.3, -0.25) is 9.36 Å². The number of rotatable bonds is 4. The quantitative estimate of drug-likeness (QED) is 0.339. The van der Waals surface area contributed by atoms with Crippen LogP contribution >= 0.6 is 15.9 Å². The standard InChI is InChI=1S/C21H17BrN4O4/c1-24-12-23-19-18(24)20(28)26(21(29)25(19)2)11-17(27)30-16-9-5-14(6-10-16)13-3-7-15(22)8-4-13/h3-10,12H,11H2,1-2H3. The fourth-order valence-electron chi connectivity index (χ4n) is 3.19. The van der Waals surface area contributed by atoms with Gasteiger partial charge in [-0.1, -0.05) is 40.2 Å². The Hall–Kier alpha value is -3.46. The Labute approximate surface area is 179 Å². The number of aromatic nitrogens is 4. The van der Waals surface area contributed by atoms with Gasteiger partial charge in [0.05, 0.1) is 6.33 Å². The molecule has 2 aromatic carbocycles. The molecule has 0 atom stereocenters. The Bertz CT molecular complexity index is 1370. The number of aryl methyl sites for hydroxylation is 2. The summed E-state index contributed by atoms with van der Waals surface area (Å²) in [4.78, 5) is 41.6. The van der Waals surface area contributed by atoms with E-state index < -0.39 is 23.8 Å². The van der Waals surface area contributed by atoms with Crippen molar-refractivity contribution in [3.63, 3.8) is 0 Å². The number of halogens is 1. The van der Waals surface area contributed by atoms with Crippen molar-refractivity contribution >= 4 is 33.1 Å². The first kappa shape index (κ1) is 19.8. The van der Waals surface area contributed by atoms with Crippen LogP contribution in [0.1, 0.15) is 0 Å². The SMILES string of the molecule is Cn1cnc2c1c(=O)n(CC(=O)Oc1ccc(-c3ccc(Br)cc3)cc1)c(=O)n2C. The lowest BCUT2D eigenvalue weighted by atomic mass is 10.1. The second-order valence-corrected chi connectivity index (χ2v) is 7.68. The van der Waals surface area contributed by atoms with Crippen molar-refractivity contribution in [1.82, 2.24) is 18.7 Å². The van der Waals surface area contributed by atoms with Crippen LogP contribution in [-0.4, -0.2) is 24.7 Å². The summed E-state index contributed by atoms with van der Waals surface area (Å²) in [5.74, 6) is -0.389. The van der Waals surface area contributed by atoms with Crippen molar-refractivity contribution < 1.29 is 9.53 Å². The molecule has 0 aliphatic rings. The number of imidazole rings is 1. The third-order valence-electron chi connectivity index (χ3n) is 4.75. The average Bonchev–Trinajstić information content (AvgIpc) is 3.12. The molecular formula is C21H17BrN4O4. The van der Waals surface area contributed by atoms with Gasteiger partial charge >= 0.3 is 11.7 Å². The Morgan fingerprint density at radius 1 is 1.00 bits per heavy atom. The highest BCUT2D eigenvalue weighted by Gasteiger charge is 2.18. The molecule has 4 rings (SSSR count). The van der Waals surface area contributed by atoms with E-state index in [0.717, 1.165) is 20.2 Å². The third-order valence-corrected chi connectivity index (χ3v) is 5.28. The smallest absolute Gasteiger partial charge is 0.333 e. The zero-order valence-electron chi connectivity index (χ0n) is 16.2. The van der Waals surface area contributed by atoms with Crippen LogP contribution in [0.4, 0.5) is 0 Å². The fraction of sp³-hybridized carbons (Fsp3) is 0.143. The highest BCUT2D eigenvalue weighted by Crippen LogP contribution is 2.24. The summed E-state index contributed by atoms with van der Waals surface area (Å²) in [6, 6.07) is 14.8. The molecular weight excluding hydrogens is 452 g/mol. The topological polar surface area (TPSA) is 88.1 Å². The Morgan fingerprint density at radius 2 is 1.60 bits per heavy atom. The van der Waals surface area contributed by atoms with Crippen LogP contribution in [0.5, 0.6) is 5.75 Å². The van der Waals surface area contributed by atoms with Crippen molar-refractivity contribution in [2.24, 2.45) is 14.1 Å². The molecule has 152 valence electrons. The molecule has 2 aromatic heterocycles. The fourth-order valence-corrected chi connectivity index (χ4v) is 3.45. The zero-order chi connectivity index (χ0) is 21.4. The van der Waals surface area contributed by atoms with E-state index in [0.29, 0.717) is 5.75 Å². The molecule has 4 aromatic rings.